The standard InChI is InChI=1S/C26H28N4O3/c31-17-21-20-16-29-22(9-4-10-23(29)32)24(20)30(15-19-8-5-12-27-14-19)25(21)26(33)28-13-11-18-6-2-1-3-7-18/h1-10,12,14,20-21,24-25,31H,11,13,15-17H2,(H,28,33)/t20-,21-,24+,25-/m1/s1. The molecule has 7 heteroatoms. The summed E-state index contributed by atoms with van der Waals surface area (Å²) in [6, 6.07) is 18.6. The summed E-state index contributed by atoms with van der Waals surface area (Å²) in [7, 11) is 0. The molecule has 0 bridgehead atoms. The van der Waals surface area contributed by atoms with Crippen molar-refractivity contribution >= 4 is 5.91 Å². The minimum absolute atomic E-state index is 0.00774. The summed E-state index contributed by atoms with van der Waals surface area (Å²) in [5.74, 6) is -0.345. The van der Waals surface area contributed by atoms with E-state index in [9.17, 15) is 14.7 Å². The number of nitrogens with one attached hydrogen (secondary N) is 1. The maximum atomic E-state index is 13.5. The molecule has 2 aliphatic rings. The van der Waals surface area contributed by atoms with Gasteiger partial charge in [0, 0.05) is 62.2 Å². The number of hydrogen-bond donors (Lipinski definition) is 2. The molecule has 1 fully saturated rings. The molecule has 5 rings (SSSR count). The summed E-state index contributed by atoms with van der Waals surface area (Å²) in [5, 5.41) is 13.5. The molecule has 0 aliphatic carbocycles. The summed E-state index contributed by atoms with van der Waals surface area (Å²) in [6.45, 7) is 1.46. The van der Waals surface area contributed by atoms with E-state index >= 15 is 0 Å². The van der Waals surface area contributed by atoms with E-state index in [1.54, 1.807) is 29.1 Å². The Hall–Kier alpha value is -3.29. The maximum absolute atomic E-state index is 13.5. The van der Waals surface area contributed by atoms with Crippen molar-refractivity contribution in [1.29, 1.82) is 0 Å². The molecule has 2 aromatic heterocycles. The number of hydrogen-bond acceptors (Lipinski definition) is 5. The fraction of sp³-hybridized carbons (Fsp3) is 0.346. The molecule has 7 nitrogen and oxygen atoms in total. The van der Waals surface area contributed by atoms with Crippen molar-refractivity contribution in [1.82, 2.24) is 19.8 Å². The summed E-state index contributed by atoms with van der Waals surface area (Å²) in [4.78, 5) is 32.3. The average molecular weight is 445 g/mol. The van der Waals surface area contributed by atoms with Crippen molar-refractivity contribution in [2.24, 2.45) is 11.8 Å². The summed E-state index contributed by atoms with van der Waals surface area (Å²) in [5.41, 5.74) is 3.03. The van der Waals surface area contributed by atoms with E-state index in [0.29, 0.717) is 19.6 Å². The predicted molar refractivity (Wildman–Crippen MR) is 124 cm³/mol. The SMILES string of the molecule is O=C(NCCc1ccccc1)[C@H]1[C@H](CO)[C@H]2Cn3c(cccc3=O)[C@H]2N1Cc1cccnc1. The average Bonchev–Trinajstić information content (AvgIpc) is 3.36. The van der Waals surface area contributed by atoms with Gasteiger partial charge in [0.2, 0.25) is 5.91 Å². The second-order valence-corrected chi connectivity index (χ2v) is 8.86. The zero-order valence-corrected chi connectivity index (χ0v) is 18.4. The summed E-state index contributed by atoms with van der Waals surface area (Å²) >= 11 is 0. The quantitative estimate of drug-likeness (QED) is 0.580. The fourth-order valence-corrected chi connectivity index (χ4v) is 5.52. The number of carbonyl (C=O) groups excluding carboxylic acids is 1. The highest BCUT2D eigenvalue weighted by Gasteiger charge is 2.55. The van der Waals surface area contributed by atoms with Gasteiger partial charge < -0.3 is 15.0 Å². The minimum atomic E-state index is -0.481. The summed E-state index contributed by atoms with van der Waals surface area (Å²) in [6.07, 6.45) is 4.28. The van der Waals surface area contributed by atoms with Crippen molar-refractivity contribution in [3.63, 3.8) is 0 Å². The van der Waals surface area contributed by atoms with Gasteiger partial charge in [-0.15, -0.1) is 0 Å². The van der Waals surface area contributed by atoms with Crippen LogP contribution in [0.4, 0.5) is 0 Å². The molecule has 1 aromatic carbocycles. The molecule has 4 atom stereocenters. The van der Waals surface area contributed by atoms with Gasteiger partial charge in [-0.05, 0) is 29.7 Å². The first-order valence-corrected chi connectivity index (χ1v) is 11.4. The van der Waals surface area contributed by atoms with Gasteiger partial charge >= 0.3 is 0 Å². The number of amides is 1. The molecule has 0 saturated carbocycles. The highest BCUT2D eigenvalue weighted by molar-refractivity contribution is 5.82. The number of benzene rings is 1. The van der Waals surface area contributed by atoms with Gasteiger partial charge in [0.15, 0.2) is 0 Å². The van der Waals surface area contributed by atoms with Crippen molar-refractivity contribution in [2.45, 2.75) is 31.6 Å². The largest absolute Gasteiger partial charge is 0.396 e. The second kappa shape index (κ2) is 9.29. The van der Waals surface area contributed by atoms with Crippen LogP contribution in [0.15, 0.2) is 77.9 Å². The van der Waals surface area contributed by atoms with Gasteiger partial charge in [-0.3, -0.25) is 19.5 Å². The number of aliphatic hydroxyl groups is 1. The Bertz CT molecular complexity index is 1160. The van der Waals surface area contributed by atoms with Crippen LogP contribution in [0.2, 0.25) is 0 Å². The summed E-state index contributed by atoms with van der Waals surface area (Å²) < 4.78 is 1.79. The second-order valence-electron chi connectivity index (χ2n) is 8.86. The molecule has 0 radical (unpaired) electrons. The number of likely N-dealkylation sites (tertiary alicyclic amines) is 1. The molecule has 0 spiro atoms. The van der Waals surface area contributed by atoms with Gasteiger partial charge in [-0.25, -0.2) is 0 Å². The van der Waals surface area contributed by atoms with Gasteiger partial charge in [0.1, 0.15) is 0 Å². The normalized spacial score (nSPS) is 23.8. The van der Waals surface area contributed by atoms with Crippen LogP contribution in [-0.4, -0.2) is 44.7 Å². The third-order valence-corrected chi connectivity index (χ3v) is 6.98. The smallest absolute Gasteiger partial charge is 0.250 e. The van der Waals surface area contributed by atoms with E-state index in [2.05, 4.69) is 15.2 Å². The van der Waals surface area contributed by atoms with Crippen LogP contribution < -0.4 is 10.9 Å². The maximum Gasteiger partial charge on any atom is 0.250 e. The molecule has 1 amide bonds. The van der Waals surface area contributed by atoms with Crippen LogP contribution in [0, 0.1) is 11.8 Å². The van der Waals surface area contributed by atoms with E-state index in [1.807, 2.05) is 48.5 Å². The minimum Gasteiger partial charge on any atom is -0.396 e. The van der Waals surface area contributed by atoms with Crippen LogP contribution in [0.1, 0.15) is 22.9 Å². The number of carbonyl (C=O) groups is 1. The number of fused-ring (bicyclic) bond motifs is 3. The van der Waals surface area contributed by atoms with Crippen LogP contribution in [0.25, 0.3) is 0 Å². The predicted octanol–water partition coefficient (Wildman–Crippen LogP) is 1.77. The van der Waals surface area contributed by atoms with E-state index in [0.717, 1.165) is 17.7 Å². The van der Waals surface area contributed by atoms with E-state index in [-0.39, 0.29) is 36.0 Å². The van der Waals surface area contributed by atoms with Crippen molar-refractivity contribution in [3.05, 3.63) is 100 Å². The van der Waals surface area contributed by atoms with Crippen molar-refractivity contribution in [3.8, 4) is 0 Å². The zero-order chi connectivity index (χ0) is 22.8. The van der Waals surface area contributed by atoms with Gasteiger partial charge in [-0.1, -0.05) is 42.5 Å². The molecule has 1 saturated heterocycles. The molecule has 170 valence electrons. The van der Waals surface area contributed by atoms with Crippen molar-refractivity contribution < 1.29 is 9.90 Å². The van der Waals surface area contributed by atoms with Gasteiger partial charge in [-0.2, -0.15) is 0 Å². The first-order valence-electron chi connectivity index (χ1n) is 11.4. The van der Waals surface area contributed by atoms with Crippen LogP contribution in [0.5, 0.6) is 0 Å². The Morgan fingerprint density at radius 1 is 1.06 bits per heavy atom. The van der Waals surface area contributed by atoms with E-state index in [4.69, 9.17) is 0 Å². The lowest BCUT2D eigenvalue weighted by atomic mass is 9.88. The number of pyridine rings is 2. The Morgan fingerprint density at radius 2 is 1.88 bits per heavy atom. The van der Waals surface area contributed by atoms with Crippen LogP contribution in [-0.2, 0) is 24.3 Å². The van der Waals surface area contributed by atoms with Gasteiger partial charge in [0.05, 0.1) is 12.1 Å². The lowest BCUT2D eigenvalue weighted by molar-refractivity contribution is -0.127. The van der Waals surface area contributed by atoms with E-state index in [1.165, 1.54) is 5.56 Å². The molecule has 2 aliphatic heterocycles. The number of rotatable bonds is 7. The van der Waals surface area contributed by atoms with E-state index < -0.39 is 6.04 Å². The highest BCUT2D eigenvalue weighted by atomic mass is 16.3. The highest BCUT2D eigenvalue weighted by Crippen LogP contribution is 2.49. The van der Waals surface area contributed by atoms with Gasteiger partial charge in [0.25, 0.3) is 5.56 Å². The van der Waals surface area contributed by atoms with Crippen LogP contribution >= 0.6 is 0 Å². The monoisotopic (exact) mass is 444 g/mol. The first kappa shape index (κ1) is 21.6. The lowest BCUT2D eigenvalue weighted by Gasteiger charge is -2.30. The number of aromatic nitrogens is 2. The molecule has 2 N–H and O–H groups in total. The molecule has 0 unspecified atom stereocenters. The third-order valence-electron chi connectivity index (χ3n) is 6.98. The topological polar surface area (TPSA) is 87.5 Å². The zero-order valence-electron chi connectivity index (χ0n) is 18.4. The lowest BCUT2D eigenvalue weighted by Crippen LogP contribution is -2.48. The van der Waals surface area contributed by atoms with Crippen molar-refractivity contribution in [2.75, 3.05) is 13.2 Å². The molecule has 3 aromatic rings. The Labute approximate surface area is 192 Å². The fourth-order valence-electron chi connectivity index (χ4n) is 5.52. The number of nitrogens with zero attached hydrogens (tertiary/aromatic N) is 3. The molecule has 33 heavy (non-hydrogen) atoms. The first-order chi connectivity index (χ1) is 16.2. The molecular weight excluding hydrogens is 416 g/mol. The number of aliphatic hydroxyl groups excluding tert-OH is 1. The van der Waals surface area contributed by atoms with Crippen LogP contribution in [0.3, 0.4) is 0 Å². The third kappa shape index (κ3) is 4.10. The molecular formula is C26H28N4O3. The Kier molecular flexibility index (Phi) is 6.07. The Balaban J connectivity index is 1.43. The Morgan fingerprint density at radius 3 is 2.64 bits per heavy atom. The molecule has 4 heterocycles.